The number of hydrogen-bond donors (Lipinski definition) is 1. The van der Waals surface area contributed by atoms with Crippen LogP contribution in [-0.2, 0) is 9.53 Å². The summed E-state index contributed by atoms with van der Waals surface area (Å²) in [5.41, 5.74) is 0. The van der Waals surface area contributed by atoms with Crippen LogP contribution in [0.4, 0.5) is 0 Å². The van der Waals surface area contributed by atoms with Gasteiger partial charge in [-0.2, -0.15) is 0 Å². The van der Waals surface area contributed by atoms with Gasteiger partial charge in [-0.25, -0.2) is 0 Å². The Kier molecular flexibility index (Phi) is 5.94. The molecule has 4 nitrogen and oxygen atoms in total. The maximum atomic E-state index is 11.9. The van der Waals surface area contributed by atoms with Gasteiger partial charge in [-0.3, -0.25) is 4.79 Å². The largest absolute Gasteiger partial charge is 0.378 e. The first kappa shape index (κ1) is 13.8. The molecule has 0 aromatic rings. The quantitative estimate of drug-likeness (QED) is 0.774. The topological polar surface area (TPSA) is 41.6 Å². The summed E-state index contributed by atoms with van der Waals surface area (Å²) >= 11 is 0. The van der Waals surface area contributed by atoms with Gasteiger partial charge in [-0.15, -0.1) is 0 Å². The zero-order valence-electron chi connectivity index (χ0n) is 11.3. The van der Waals surface area contributed by atoms with Crippen LogP contribution in [-0.4, -0.2) is 49.7 Å². The molecule has 0 aromatic heterocycles. The summed E-state index contributed by atoms with van der Waals surface area (Å²) in [5.74, 6) is 0.255. The summed E-state index contributed by atoms with van der Waals surface area (Å²) in [5, 5.41) is 3.26. The first-order valence-corrected chi connectivity index (χ1v) is 7.46. The van der Waals surface area contributed by atoms with Crippen molar-refractivity contribution in [3.05, 3.63) is 0 Å². The minimum absolute atomic E-state index is 0.255. The summed E-state index contributed by atoms with van der Waals surface area (Å²) < 4.78 is 5.86. The Morgan fingerprint density at radius 1 is 1.11 bits per heavy atom. The van der Waals surface area contributed by atoms with E-state index in [-0.39, 0.29) is 5.91 Å². The van der Waals surface area contributed by atoms with Crippen molar-refractivity contribution in [1.29, 1.82) is 0 Å². The SMILES string of the molecule is O=C(CCOC1CCCCCC1)N1CCNCC1. The standard InChI is InChI=1S/C14H26N2O2/c17-14(16-10-8-15-9-11-16)7-12-18-13-5-3-1-2-4-6-13/h13,15H,1-12H2. The van der Waals surface area contributed by atoms with Gasteiger partial charge in [0.05, 0.1) is 19.1 Å². The summed E-state index contributed by atoms with van der Waals surface area (Å²) in [4.78, 5) is 13.9. The normalized spacial score (nSPS) is 22.8. The molecule has 104 valence electrons. The summed E-state index contributed by atoms with van der Waals surface area (Å²) in [6.07, 6.45) is 8.59. The molecule has 0 radical (unpaired) electrons. The highest BCUT2D eigenvalue weighted by Gasteiger charge is 2.17. The van der Waals surface area contributed by atoms with E-state index in [0.29, 0.717) is 19.1 Å². The van der Waals surface area contributed by atoms with Gasteiger partial charge in [-0.1, -0.05) is 25.7 Å². The highest BCUT2D eigenvalue weighted by atomic mass is 16.5. The third-order valence-electron chi connectivity index (χ3n) is 3.94. The molecule has 18 heavy (non-hydrogen) atoms. The lowest BCUT2D eigenvalue weighted by Gasteiger charge is -2.27. The molecule has 1 saturated carbocycles. The van der Waals surface area contributed by atoms with Crippen molar-refractivity contribution < 1.29 is 9.53 Å². The maximum absolute atomic E-state index is 11.9. The Balaban J connectivity index is 1.60. The van der Waals surface area contributed by atoms with Crippen molar-refractivity contribution in [2.45, 2.75) is 51.0 Å². The van der Waals surface area contributed by atoms with Crippen molar-refractivity contribution in [2.75, 3.05) is 32.8 Å². The number of hydrogen-bond acceptors (Lipinski definition) is 3. The molecule has 1 aliphatic heterocycles. The van der Waals surface area contributed by atoms with E-state index < -0.39 is 0 Å². The number of amides is 1. The van der Waals surface area contributed by atoms with Crippen molar-refractivity contribution in [3.8, 4) is 0 Å². The molecule has 0 atom stereocenters. The van der Waals surface area contributed by atoms with Gasteiger partial charge in [0, 0.05) is 26.2 Å². The molecule has 0 spiro atoms. The van der Waals surface area contributed by atoms with Crippen molar-refractivity contribution >= 4 is 5.91 Å². The van der Waals surface area contributed by atoms with Crippen LogP contribution in [0.2, 0.25) is 0 Å². The molecule has 0 aromatic carbocycles. The van der Waals surface area contributed by atoms with E-state index in [9.17, 15) is 4.79 Å². The lowest BCUT2D eigenvalue weighted by molar-refractivity contribution is -0.133. The van der Waals surface area contributed by atoms with E-state index >= 15 is 0 Å². The number of rotatable bonds is 4. The minimum Gasteiger partial charge on any atom is -0.378 e. The van der Waals surface area contributed by atoms with E-state index in [0.717, 1.165) is 26.2 Å². The fourth-order valence-electron chi connectivity index (χ4n) is 2.79. The fraction of sp³-hybridized carbons (Fsp3) is 0.929. The fourth-order valence-corrected chi connectivity index (χ4v) is 2.79. The zero-order chi connectivity index (χ0) is 12.6. The summed E-state index contributed by atoms with van der Waals surface area (Å²) in [7, 11) is 0. The van der Waals surface area contributed by atoms with Crippen LogP contribution >= 0.6 is 0 Å². The molecule has 2 rings (SSSR count). The van der Waals surface area contributed by atoms with Gasteiger partial charge in [0.2, 0.25) is 5.91 Å². The number of carbonyl (C=O) groups is 1. The van der Waals surface area contributed by atoms with Crippen LogP contribution in [0.3, 0.4) is 0 Å². The van der Waals surface area contributed by atoms with Gasteiger partial charge < -0.3 is 15.0 Å². The molecule has 1 amide bonds. The Morgan fingerprint density at radius 2 is 1.78 bits per heavy atom. The third kappa shape index (κ3) is 4.58. The van der Waals surface area contributed by atoms with Crippen LogP contribution < -0.4 is 5.32 Å². The zero-order valence-corrected chi connectivity index (χ0v) is 11.3. The number of ether oxygens (including phenoxy) is 1. The van der Waals surface area contributed by atoms with Gasteiger partial charge in [0.1, 0.15) is 0 Å². The average molecular weight is 254 g/mol. The average Bonchev–Trinajstić information content (AvgIpc) is 2.68. The van der Waals surface area contributed by atoms with Gasteiger partial charge in [0.15, 0.2) is 0 Å². The van der Waals surface area contributed by atoms with Crippen molar-refractivity contribution in [2.24, 2.45) is 0 Å². The predicted octanol–water partition coefficient (Wildman–Crippen LogP) is 1.55. The molecule has 1 saturated heterocycles. The van der Waals surface area contributed by atoms with E-state index in [1.54, 1.807) is 0 Å². The maximum Gasteiger partial charge on any atom is 0.224 e. The second-order valence-corrected chi connectivity index (χ2v) is 5.37. The highest BCUT2D eigenvalue weighted by Crippen LogP contribution is 2.19. The van der Waals surface area contributed by atoms with Crippen LogP contribution in [0.5, 0.6) is 0 Å². The number of nitrogens with zero attached hydrogens (tertiary/aromatic N) is 1. The Labute approximate surface area is 110 Å². The van der Waals surface area contributed by atoms with Gasteiger partial charge in [-0.05, 0) is 12.8 Å². The van der Waals surface area contributed by atoms with E-state index in [1.807, 2.05) is 4.90 Å². The molecule has 4 heteroatoms. The van der Waals surface area contributed by atoms with E-state index in [4.69, 9.17) is 4.74 Å². The van der Waals surface area contributed by atoms with Gasteiger partial charge >= 0.3 is 0 Å². The first-order valence-electron chi connectivity index (χ1n) is 7.46. The molecule has 1 N–H and O–H groups in total. The lowest BCUT2D eigenvalue weighted by atomic mass is 10.1. The van der Waals surface area contributed by atoms with E-state index in [2.05, 4.69) is 5.32 Å². The lowest BCUT2D eigenvalue weighted by Crippen LogP contribution is -2.46. The summed E-state index contributed by atoms with van der Waals surface area (Å²) in [6, 6.07) is 0. The van der Waals surface area contributed by atoms with Crippen LogP contribution in [0, 0.1) is 0 Å². The number of carbonyl (C=O) groups excluding carboxylic acids is 1. The Bertz CT molecular complexity index is 244. The molecular weight excluding hydrogens is 228 g/mol. The molecular formula is C14H26N2O2. The predicted molar refractivity (Wildman–Crippen MR) is 71.5 cm³/mol. The smallest absolute Gasteiger partial charge is 0.224 e. The number of nitrogens with one attached hydrogen (secondary N) is 1. The van der Waals surface area contributed by atoms with Crippen LogP contribution in [0.25, 0.3) is 0 Å². The second-order valence-electron chi connectivity index (χ2n) is 5.37. The Hall–Kier alpha value is -0.610. The van der Waals surface area contributed by atoms with E-state index in [1.165, 1.54) is 38.5 Å². The minimum atomic E-state index is 0.255. The number of piperazine rings is 1. The Morgan fingerprint density at radius 3 is 2.44 bits per heavy atom. The molecule has 2 aliphatic rings. The molecule has 2 fully saturated rings. The first-order chi connectivity index (χ1) is 8.86. The molecule has 0 unspecified atom stereocenters. The highest BCUT2D eigenvalue weighted by molar-refractivity contribution is 5.76. The summed E-state index contributed by atoms with van der Waals surface area (Å²) in [6.45, 7) is 4.16. The van der Waals surface area contributed by atoms with Crippen LogP contribution in [0.15, 0.2) is 0 Å². The third-order valence-corrected chi connectivity index (χ3v) is 3.94. The molecule has 1 heterocycles. The molecule has 0 bridgehead atoms. The molecule has 1 aliphatic carbocycles. The van der Waals surface area contributed by atoms with Crippen molar-refractivity contribution in [1.82, 2.24) is 10.2 Å². The van der Waals surface area contributed by atoms with Crippen molar-refractivity contribution in [3.63, 3.8) is 0 Å². The van der Waals surface area contributed by atoms with Crippen LogP contribution in [0.1, 0.15) is 44.9 Å². The monoisotopic (exact) mass is 254 g/mol. The van der Waals surface area contributed by atoms with Gasteiger partial charge in [0.25, 0.3) is 0 Å². The second kappa shape index (κ2) is 7.74.